The molecule has 0 radical (unpaired) electrons. The van der Waals surface area contributed by atoms with Crippen LogP contribution in [0.2, 0.25) is 0 Å². The van der Waals surface area contributed by atoms with Crippen LogP contribution in [0.25, 0.3) is 0 Å². The van der Waals surface area contributed by atoms with E-state index in [0.29, 0.717) is 23.7 Å². The minimum absolute atomic E-state index is 0.477. The van der Waals surface area contributed by atoms with E-state index < -0.39 is 0 Å². The summed E-state index contributed by atoms with van der Waals surface area (Å²) in [7, 11) is 0. The number of allylic oxidation sites excluding steroid dienone is 2. The lowest BCUT2D eigenvalue weighted by molar-refractivity contribution is 0.0740. The van der Waals surface area contributed by atoms with E-state index in [2.05, 4.69) is 136 Å². The molecule has 0 amide bonds. The fraction of sp³-hybridized carbons (Fsp3) is 0.438. The molecule has 0 aromatic heterocycles. The quantitative estimate of drug-likeness (QED) is 0.411. The highest BCUT2D eigenvalue weighted by Crippen LogP contribution is 2.42. The fourth-order valence-corrected chi connectivity index (χ4v) is 5.80. The Labute approximate surface area is 218 Å². The van der Waals surface area contributed by atoms with Crippen molar-refractivity contribution in [2.75, 3.05) is 23.1 Å². The predicted octanol–water partition coefficient (Wildman–Crippen LogP) is 8.21. The average Bonchev–Trinajstić information content (AvgIpc) is 3.46. The largest absolute Gasteiger partial charge is 0.325 e. The second-order valence-corrected chi connectivity index (χ2v) is 11.7. The molecular weight excluding hydrogens is 440 g/mol. The Morgan fingerprint density at radius 1 is 0.500 bits per heavy atom. The van der Waals surface area contributed by atoms with Gasteiger partial charge in [-0.25, -0.2) is 0 Å². The van der Waals surface area contributed by atoms with Gasteiger partial charge in [0.25, 0.3) is 0 Å². The van der Waals surface area contributed by atoms with E-state index in [1.165, 1.54) is 45.0 Å². The molecule has 4 nitrogen and oxygen atoms in total. The zero-order valence-electron chi connectivity index (χ0n) is 23.3. The monoisotopic (exact) mass is 482 g/mol. The molecule has 2 aromatic rings. The minimum atomic E-state index is 0.477. The molecule has 0 bridgehead atoms. The normalized spacial score (nSPS) is 17.1. The molecule has 0 fully saturated rings. The molecule has 190 valence electrons. The van der Waals surface area contributed by atoms with Crippen molar-refractivity contribution in [3.8, 4) is 0 Å². The summed E-state index contributed by atoms with van der Waals surface area (Å²) in [6.45, 7) is 20.1. The van der Waals surface area contributed by atoms with E-state index in [9.17, 15) is 0 Å². The number of benzene rings is 2. The van der Waals surface area contributed by atoms with Crippen molar-refractivity contribution in [3.05, 3.63) is 94.6 Å². The van der Waals surface area contributed by atoms with Gasteiger partial charge in [-0.05, 0) is 58.1 Å². The molecule has 2 aromatic carbocycles. The summed E-state index contributed by atoms with van der Waals surface area (Å²) in [4.78, 5) is 4.94. The number of fused-ring (bicyclic) bond motifs is 3. The smallest absolute Gasteiger partial charge is 0.115 e. The molecule has 0 atom stereocenters. The van der Waals surface area contributed by atoms with E-state index in [1.54, 1.807) is 0 Å². The SMILES string of the molecule is CC(C)c1cccc(C(C)C)c1N1C=C2C=CC3=CN(c4c(C(C)C)cccc4C(C)C)CN3N2C1. The highest BCUT2D eigenvalue weighted by Gasteiger charge is 2.36. The maximum Gasteiger partial charge on any atom is 0.115 e. The third-order valence-electron chi connectivity index (χ3n) is 7.72. The summed E-state index contributed by atoms with van der Waals surface area (Å²) in [5.74, 6) is 1.91. The number of nitrogens with zero attached hydrogens (tertiary/aromatic N) is 4. The first-order valence-electron chi connectivity index (χ1n) is 13.6. The van der Waals surface area contributed by atoms with E-state index >= 15 is 0 Å². The summed E-state index contributed by atoms with van der Waals surface area (Å²) in [6, 6.07) is 13.7. The maximum absolute atomic E-state index is 2.47. The Bertz CT molecular complexity index is 1080. The first-order chi connectivity index (χ1) is 17.2. The molecule has 0 spiro atoms. The number of hydrogen-bond donors (Lipinski definition) is 0. The number of para-hydroxylation sites is 2. The summed E-state index contributed by atoms with van der Waals surface area (Å²) >= 11 is 0. The molecule has 5 rings (SSSR count). The number of hydrogen-bond acceptors (Lipinski definition) is 4. The molecule has 3 aliphatic heterocycles. The van der Waals surface area contributed by atoms with Crippen LogP contribution in [0.15, 0.2) is 72.3 Å². The van der Waals surface area contributed by atoms with Gasteiger partial charge in [-0.15, -0.1) is 0 Å². The van der Waals surface area contributed by atoms with Crippen LogP contribution in [-0.2, 0) is 0 Å². The molecule has 0 N–H and O–H groups in total. The van der Waals surface area contributed by atoms with Gasteiger partial charge in [0.1, 0.15) is 13.3 Å². The Kier molecular flexibility index (Phi) is 6.40. The van der Waals surface area contributed by atoms with Crippen molar-refractivity contribution in [3.63, 3.8) is 0 Å². The van der Waals surface area contributed by atoms with Crippen molar-refractivity contribution in [1.82, 2.24) is 10.0 Å². The predicted molar refractivity (Wildman–Crippen MR) is 153 cm³/mol. The summed E-state index contributed by atoms with van der Waals surface area (Å²) in [5.41, 5.74) is 11.0. The summed E-state index contributed by atoms with van der Waals surface area (Å²) < 4.78 is 0. The van der Waals surface area contributed by atoms with Crippen LogP contribution in [0.3, 0.4) is 0 Å². The van der Waals surface area contributed by atoms with Crippen LogP contribution in [0.1, 0.15) is 101 Å². The van der Waals surface area contributed by atoms with Crippen molar-refractivity contribution in [1.29, 1.82) is 0 Å². The average molecular weight is 483 g/mol. The van der Waals surface area contributed by atoms with Crippen LogP contribution in [0, 0.1) is 0 Å². The van der Waals surface area contributed by atoms with Crippen LogP contribution in [0.5, 0.6) is 0 Å². The molecular formula is C32H42N4. The highest BCUT2D eigenvalue weighted by atomic mass is 15.7. The van der Waals surface area contributed by atoms with Gasteiger partial charge in [0, 0.05) is 23.8 Å². The Hall–Kier alpha value is -3.14. The molecule has 0 saturated carbocycles. The molecule has 4 heteroatoms. The van der Waals surface area contributed by atoms with Gasteiger partial charge < -0.3 is 9.80 Å². The molecule has 3 aliphatic rings. The van der Waals surface area contributed by atoms with E-state index in [0.717, 1.165) is 13.3 Å². The topological polar surface area (TPSA) is 13.0 Å². The number of hydrazine groups is 1. The maximum atomic E-state index is 2.47. The van der Waals surface area contributed by atoms with Gasteiger partial charge in [0.2, 0.25) is 0 Å². The first-order valence-corrected chi connectivity index (χ1v) is 13.6. The third-order valence-corrected chi connectivity index (χ3v) is 7.72. The zero-order chi connectivity index (χ0) is 25.7. The van der Waals surface area contributed by atoms with Gasteiger partial charge in [-0.1, -0.05) is 91.8 Å². The van der Waals surface area contributed by atoms with E-state index in [1.807, 2.05) is 0 Å². The molecule has 0 unspecified atom stereocenters. The Morgan fingerprint density at radius 3 is 1.08 bits per heavy atom. The van der Waals surface area contributed by atoms with Crippen molar-refractivity contribution in [2.24, 2.45) is 0 Å². The van der Waals surface area contributed by atoms with Crippen LogP contribution in [-0.4, -0.2) is 23.4 Å². The van der Waals surface area contributed by atoms with Crippen molar-refractivity contribution in [2.45, 2.75) is 79.1 Å². The van der Waals surface area contributed by atoms with Crippen LogP contribution >= 0.6 is 0 Å². The number of anilines is 2. The Balaban J connectivity index is 1.48. The standard InChI is InChI=1S/C32H42N4/c1-21(2)27-11-9-12-28(22(3)4)31(27)33-17-25-15-16-26-18-34(20-36(26)35(25)19-33)32-29(23(5)6)13-10-14-30(32)24(7)8/h9-18,21-24H,19-20H2,1-8H3. The summed E-state index contributed by atoms with van der Waals surface area (Å²) in [5, 5.41) is 4.89. The van der Waals surface area contributed by atoms with E-state index in [4.69, 9.17) is 0 Å². The molecule has 0 saturated heterocycles. The van der Waals surface area contributed by atoms with E-state index in [-0.39, 0.29) is 0 Å². The second kappa shape index (κ2) is 9.38. The second-order valence-electron chi connectivity index (χ2n) is 11.7. The first kappa shape index (κ1) is 24.5. The third kappa shape index (κ3) is 4.11. The highest BCUT2D eigenvalue weighted by molar-refractivity contribution is 5.67. The lowest BCUT2D eigenvalue weighted by atomic mass is 9.92. The lowest BCUT2D eigenvalue weighted by Crippen LogP contribution is -2.44. The van der Waals surface area contributed by atoms with Gasteiger partial charge >= 0.3 is 0 Å². The summed E-state index contributed by atoms with van der Waals surface area (Å²) in [6.07, 6.45) is 9.22. The van der Waals surface area contributed by atoms with Crippen molar-refractivity contribution < 1.29 is 0 Å². The van der Waals surface area contributed by atoms with Crippen LogP contribution < -0.4 is 9.80 Å². The van der Waals surface area contributed by atoms with Gasteiger partial charge in [-0.3, -0.25) is 10.0 Å². The molecule has 36 heavy (non-hydrogen) atoms. The zero-order valence-corrected chi connectivity index (χ0v) is 23.3. The van der Waals surface area contributed by atoms with Gasteiger partial charge in [0.05, 0.1) is 11.4 Å². The molecule has 3 heterocycles. The lowest BCUT2D eigenvalue weighted by Gasteiger charge is -2.38. The van der Waals surface area contributed by atoms with Gasteiger partial charge in [-0.2, -0.15) is 0 Å². The minimum Gasteiger partial charge on any atom is -0.325 e. The number of rotatable bonds is 6. The molecule has 0 aliphatic carbocycles. The van der Waals surface area contributed by atoms with Crippen molar-refractivity contribution >= 4 is 11.4 Å². The fourth-order valence-electron chi connectivity index (χ4n) is 5.80. The van der Waals surface area contributed by atoms with Gasteiger partial charge in [0.15, 0.2) is 0 Å². The Morgan fingerprint density at radius 2 is 0.806 bits per heavy atom. The van der Waals surface area contributed by atoms with Crippen LogP contribution in [0.4, 0.5) is 11.4 Å².